The van der Waals surface area contributed by atoms with Crippen LogP contribution in [0.15, 0.2) is 16.8 Å². The number of hydrogen-bond acceptors (Lipinski definition) is 3. The molecule has 0 aliphatic heterocycles. The Morgan fingerprint density at radius 2 is 2.25 bits per heavy atom. The van der Waals surface area contributed by atoms with Crippen LogP contribution in [0.4, 0.5) is 0 Å². The van der Waals surface area contributed by atoms with Crippen molar-refractivity contribution in [3.05, 3.63) is 11.8 Å². The second-order valence-corrected chi connectivity index (χ2v) is 2.75. The summed E-state index contributed by atoms with van der Waals surface area (Å²) >= 11 is 0. The lowest BCUT2D eigenvalue weighted by Crippen LogP contribution is -2.04. The molecule has 12 heavy (non-hydrogen) atoms. The molecular weight excluding hydrogens is 152 g/mol. The summed E-state index contributed by atoms with van der Waals surface area (Å²) in [7, 11) is 0. The number of rotatable bonds is 5. The van der Waals surface area contributed by atoms with E-state index < -0.39 is 0 Å². The quantitative estimate of drug-likeness (QED) is 0.479. The lowest BCUT2D eigenvalue weighted by molar-refractivity contribution is 0.330. The van der Waals surface area contributed by atoms with Gasteiger partial charge in [-0.3, -0.25) is 4.99 Å². The van der Waals surface area contributed by atoms with Crippen molar-refractivity contribution in [1.82, 2.24) is 0 Å². The molecule has 0 saturated heterocycles. The van der Waals surface area contributed by atoms with Crippen LogP contribution in [0.1, 0.15) is 26.7 Å². The number of aliphatic hydroxyl groups is 1. The molecule has 0 amide bonds. The van der Waals surface area contributed by atoms with Crippen molar-refractivity contribution in [3.8, 4) is 0 Å². The Balaban J connectivity index is 3.84. The van der Waals surface area contributed by atoms with Gasteiger partial charge < -0.3 is 10.8 Å². The van der Waals surface area contributed by atoms with Gasteiger partial charge in [0.15, 0.2) is 0 Å². The Kier molecular flexibility index (Phi) is 6.38. The van der Waals surface area contributed by atoms with Crippen molar-refractivity contribution in [2.24, 2.45) is 10.7 Å². The van der Waals surface area contributed by atoms with E-state index in [0.717, 1.165) is 25.1 Å². The highest BCUT2D eigenvalue weighted by molar-refractivity contribution is 5.93. The first-order valence-corrected chi connectivity index (χ1v) is 4.28. The molecule has 0 atom stereocenters. The van der Waals surface area contributed by atoms with Crippen molar-refractivity contribution in [3.63, 3.8) is 0 Å². The van der Waals surface area contributed by atoms with Crippen molar-refractivity contribution < 1.29 is 5.11 Å². The fraction of sp³-hybridized carbons (Fsp3) is 0.667. The average molecular weight is 170 g/mol. The van der Waals surface area contributed by atoms with Crippen molar-refractivity contribution in [2.75, 3.05) is 13.2 Å². The van der Waals surface area contributed by atoms with Crippen LogP contribution >= 0.6 is 0 Å². The molecule has 0 aliphatic carbocycles. The van der Waals surface area contributed by atoms with E-state index in [0.29, 0.717) is 5.70 Å². The standard InChI is InChI=1S/C9H18N2O/c1-3-4-5-11-8(2)6-9(10)7-12/h6,12H,3-5,7,10H2,1-2H3/b9-6-,11-8?. The fourth-order valence-electron chi connectivity index (χ4n) is 0.773. The third-order valence-electron chi connectivity index (χ3n) is 1.45. The molecule has 0 bridgehead atoms. The molecule has 0 radical (unpaired) electrons. The number of allylic oxidation sites excluding steroid dienone is 1. The number of unbranched alkanes of at least 4 members (excludes halogenated alkanes) is 1. The zero-order valence-electron chi connectivity index (χ0n) is 7.88. The van der Waals surface area contributed by atoms with E-state index in [1.165, 1.54) is 0 Å². The van der Waals surface area contributed by atoms with Crippen molar-refractivity contribution >= 4 is 5.71 Å². The van der Waals surface area contributed by atoms with Crippen LogP contribution in [0.2, 0.25) is 0 Å². The minimum Gasteiger partial charge on any atom is -0.400 e. The molecule has 0 heterocycles. The van der Waals surface area contributed by atoms with Crippen LogP contribution in [0.3, 0.4) is 0 Å². The van der Waals surface area contributed by atoms with Crippen molar-refractivity contribution in [1.29, 1.82) is 0 Å². The summed E-state index contributed by atoms with van der Waals surface area (Å²) in [5.41, 5.74) is 6.76. The highest BCUT2D eigenvalue weighted by Gasteiger charge is 1.88. The van der Waals surface area contributed by atoms with Gasteiger partial charge in [-0.25, -0.2) is 0 Å². The molecule has 3 heteroatoms. The van der Waals surface area contributed by atoms with Crippen LogP contribution in [-0.4, -0.2) is 24.0 Å². The molecule has 3 N–H and O–H groups in total. The molecule has 0 aromatic carbocycles. The fourth-order valence-corrected chi connectivity index (χ4v) is 0.773. The monoisotopic (exact) mass is 170 g/mol. The second-order valence-electron chi connectivity index (χ2n) is 2.75. The SMILES string of the molecule is CCCCN=C(C)/C=C(\N)CO. The zero-order valence-corrected chi connectivity index (χ0v) is 7.88. The van der Waals surface area contributed by atoms with E-state index >= 15 is 0 Å². The highest BCUT2D eigenvalue weighted by Crippen LogP contribution is 1.90. The smallest absolute Gasteiger partial charge is 0.0826 e. The maximum Gasteiger partial charge on any atom is 0.0826 e. The lowest BCUT2D eigenvalue weighted by Gasteiger charge is -1.96. The molecule has 0 saturated carbocycles. The van der Waals surface area contributed by atoms with Gasteiger partial charge >= 0.3 is 0 Å². The van der Waals surface area contributed by atoms with Crippen molar-refractivity contribution in [2.45, 2.75) is 26.7 Å². The topological polar surface area (TPSA) is 58.6 Å². The van der Waals surface area contributed by atoms with Gasteiger partial charge in [-0.05, 0) is 19.4 Å². The molecular formula is C9H18N2O. The maximum atomic E-state index is 8.61. The predicted octanol–water partition coefficient (Wildman–Crippen LogP) is 1.08. The Bertz CT molecular complexity index is 173. The first-order chi connectivity index (χ1) is 5.70. The van der Waals surface area contributed by atoms with E-state index in [-0.39, 0.29) is 6.61 Å². The van der Waals surface area contributed by atoms with Gasteiger partial charge in [0.25, 0.3) is 0 Å². The van der Waals surface area contributed by atoms with Gasteiger partial charge in [-0.2, -0.15) is 0 Å². The van der Waals surface area contributed by atoms with E-state index in [9.17, 15) is 0 Å². The number of aliphatic imine (C=N–C) groups is 1. The first-order valence-electron chi connectivity index (χ1n) is 4.28. The minimum atomic E-state index is -0.0966. The Morgan fingerprint density at radius 3 is 2.75 bits per heavy atom. The first kappa shape index (κ1) is 11.2. The second kappa shape index (κ2) is 6.85. The van der Waals surface area contributed by atoms with E-state index in [1.807, 2.05) is 6.92 Å². The number of hydrogen-bond donors (Lipinski definition) is 2. The number of nitrogens with zero attached hydrogens (tertiary/aromatic N) is 1. The van der Waals surface area contributed by atoms with Crippen LogP contribution in [0, 0.1) is 0 Å². The zero-order chi connectivity index (χ0) is 9.40. The molecule has 0 aromatic rings. The molecule has 70 valence electrons. The van der Waals surface area contributed by atoms with Crippen LogP contribution < -0.4 is 5.73 Å². The van der Waals surface area contributed by atoms with Gasteiger partial charge in [-0.15, -0.1) is 0 Å². The van der Waals surface area contributed by atoms with E-state index in [4.69, 9.17) is 10.8 Å². The molecule has 3 nitrogen and oxygen atoms in total. The van der Waals surface area contributed by atoms with Crippen LogP contribution in [-0.2, 0) is 0 Å². The van der Waals surface area contributed by atoms with E-state index in [1.54, 1.807) is 6.08 Å². The number of aliphatic hydroxyl groups excluding tert-OH is 1. The Labute approximate surface area is 74.0 Å². The largest absolute Gasteiger partial charge is 0.400 e. The summed E-state index contributed by atoms with van der Waals surface area (Å²) in [6.45, 7) is 4.76. The van der Waals surface area contributed by atoms with Gasteiger partial charge in [0.1, 0.15) is 0 Å². The summed E-state index contributed by atoms with van der Waals surface area (Å²) in [6.07, 6.45) is 3.95. The summed E-state index contributed by atoms with van der Waals surface area (Å²) in [6, 6.07) is 0. The predicted molar refractivity (Wildman–Crippen MR) is 52.2 cm³/mol. The molecule has 0 unspecified atom stereocenters. The van der Waals surface area contributed by atoms with Gasteiger partial charge in [0, 0.05) is 18.0 Å². The summed E-state index contributed by atoms with van der Waals surface area (Å²) < 4.78 is 0. The van der Waals surface area contributed by atoms with Crippen LogP contribution in [0.25, 0.3) is 0 Å². The summed E-state index contributed by atoms with van der Waals surface area (Å²) in [4.78, 5) is 4.25. The minimum absolute atomic E-state index is 0.0966. The molecule has 0 spiro atoms. The normalized spacial score (nSPS) is 13.6. The number of nitrogens with two attached hydrogens (primary N) is 1. The van der Waals surface area contributed by atoms with E-state index in [2.05, 4.69) is 11.9 Å². The Hall–Kier alpha value is -0.830. The molecule has 0 aliphatic rings. The summed E-state index contributed by atoms with van der Waals surface area (Å²) in [5, 5.41) is 8.61. The molecule has 0 rings (SSSR count). The summed E-state index contributed by atoms with van der Waals surface area (Å²) in [5.74, 6) is 0. The molecule has 0 aromatic heterocycles. The average Bonchev–Trinajstić information content (AvgIpc) is 2.05. The lowest BCUT2D eigenvalue weighted by atomic mass is 10.3. The van der Waals surface area contributed by atoms with Gasteiger partial charge in [0.05, 0.1) is 6.61 Å². The third kappa shape index (κ3) is 5.92. The third-order valence-corrected chi connectivity index (χ3v) is 1.45. The maximum absolute atomic E-state index is 8.61. The van der Waals surface area contributed by atoms with Gasteiger partial charge in [0.2, 0.25) is 0 Å². The van der Waals surface area contributed by atoms with Crippen LogP contribution in [0.5, 0.6) is 0 Å². The highest BCUT2D eigenvalue weighted by atomic mass is 16.3. The molecule has 0 fully saturated rings. The Morgan fingerprint density at radius 1 is 1.58 bits per heavy atom. The van der Waals surface area contributed by atoms with Gasteiger partial charge in [-0.1, -0.05) is 13.3 Å².